The number of nitrogens with one attached hydrogen (secondary N) is 1. The van der Waals surface area contributed by atoms with E-state index in [4.69, 9.17) is 11.0 Å². The normalized spacial score (nSPS) is 10.1. The van der Waals surface area contributed by atoms with E-state index in [1.54, 1.807) is 12.3 Å². The van der Waals surface area contributed by atoms with Gasteiger partial charge in [-0.1, -0.05) is 0 Å². The summed E-state index contributed by atoms with van der Waals surface area (Å²) in [7, 11) is 0. The van der Waals surface area contributed by atoms with Crippen LogP contribution < -0.4 is 5.73 Å². The Morgan fingerprint density at radius 1 is 1.54 bits per heavy atom. The molecule has 1 aromatic heterocycles. The molecule has 5 heteroatoms. The molecule has 0 radical (unpaired) electrons. The highest BCUT2D eigenvalue weighted by molar-refractivity contribution is 8.03. The Hall–Kier alpha value is -1.67. The van der Waals surface area contributed by atoms with Gasteiger partial charge in [0.1, 0.15) is 5.40 Å². The maximum Gasteiger partial charge on any atom is 0.138 e. The van der Waals surface area contributed by atoms with E-state index >= 15 is 0 Å². The fraction of sp³-hybridized carbons (Fsp3) is 0. The zero-order chi connectivity index (χ0) is 9.26. The molecule has 0 atom stereocenters. The molecule has 0 bridgehead atoms. The second-order valence-electron chi connectivity index (χ2n) is 2.54. The van der Waals surface area contributed by atoms with E-state index in [9.17, 15) is 0 Å². The topological polar surface area (TPSA) is 78.5 Å². The van der Waals surface area contributed by atoms with Crippen molar-refractivity contribution in [3.8, 4) is 5.40 Å². The van der Waals surface area contributed by atoms with Crippen LogP contribution in [-0.4, -0.2) is 10.2 Å². The molecule has 0 amide bonds. The number of thioether (sulfide) groups is 1. The van der Waals surface area contributed by atoms with Gasteiger partial charge in [-0.3, -0.25) is 5.10 Å². The molecule has 64 valence electrons. The number of nitrogens with two attached hydrogens (primary N) is 1. The first kappa shape index (κ1) is 7.95. The van der Waals surface area contributed by atoms with Crippen LogP contribution in [0.1, 0.15) is 0 Å². The number of nitriles is 1. The molecular formula is C8H6N4S. The molecule has 2 rings (SSSR count). The zero-order valence-electron chi connectivity index (χ0n) is 6.61. The molecule has 0 aliphatic rings. The lowest BCUT2D eigenvalue weighted by atomic mass is 10.2. The largest absolute Gasteiger partial charge is 0.398 e. The first-order chi connectivity index (χ1) is 6.31. The monoisotopic (exact) mass is 190 g/mol. The van der Waals surface area contributed by atoms with E-state index in [0.717, 1.165) is 27.6 Å². The Balaban J connectivity index is 2.64. The molecule has 0 aliphatic carbocycles. The van der Waals surface area contributed by atoms with Crippen molar-refractivity contribution in [3.05, 3.63) is 18.3 Å². The summed E-state index contributed by atoms with van der Waals surface area (Å²) in [5.74, 6) is 0. The second kappa shape index (κ2) is 2.99. The molecular weight excluding hydrogens is 184 g/mol. The summed E-state index contributed by atoms with van der Waals surface area (Å²) in [6.45, 7) is 0. The molecule has 1 aromatic carbocycles. The third-order valence-corrected chi connectivity index (χ3v) is 2.39. The molecule has 4 nitrogen and oxygen atoms in total. The molecule has 0 fully saturated rings. The zero-order valence-corrected chi connectivity index (χ0v) is 7.43. The Bertz CT molecular complexity index is 482. The molecule has 3 N–H and O–H groups in total. The van der Waals surface area contributed by atoms with Crippen LogP contribution in [0.25, 0.3) is 10.9 Å². The van der Waals surface area contributed by atoms with E-state index in [1.807, 2.05) is 11.5 Å². The molecule has 2 aromatic rings. The molecule has 0 spiro atoms. The molecule has 13 heavy (non-hydrogen) atoms. The highest BCUT2D eigenvalue weighted by Gasteiger charge is 2.03. The summed E-state index contributed by atoms with van der Waals surface area (Å²) < 4.78 is 0. The number of aromatic nitrogens is 2. The van der Waals surface area contributed by atoms with Gasteiger partial charge in [-0.05, 0) is 23.9 Å². The van der Waals surface area contributed by atoms with Crippen LogP contribution in [-0.2, 0) is 0 Å². The predicted octanol–water partition coefficient (Wildman–Crippen LogP) is 1.72. The number of nitrogens with zero attached hydrogens (tertiary/aromatic N) is 2. The van der Waals surface area contributed by atoms with E-state index in [1.165, 1.54) is 0 Å². The minimum absolute atomic E-state index is 0.600. The fourth-order valence-electron chi connectivity index (χ4n) is 1.12. The Labute approximate surface area is 78.7 Å². The average molecular weight is 190 g/mol. The van der Waals surface area contributed by atoms with E-state index < -0.39 is 0 Å². The number of rotatable bonds is 1. The van der Waals surface area contributed by atoms with Crippen LogP contribution in [0.3, 0.4) is 0 Å². The van der Waals surface area contributed by atoms with Crippen molar-refractivity contribution in [2.75, 3.05) is 5.73 Å². The third-order valence-electron chi connectivity index (χ3n) is 1.73. The highest BCUT2D eigenvalue weighted by Crippen LogP contribution is 2.28. The van der Waals surface area contributed by atoms with Crippen LogP contribution in [0.4, 0.5) is 5.69 Å². The summed E-state index contributed by atoms with van der Waals surface area (Å²) in [6, 6.07) is 3.63. The number of benzene rings is 1. The van der Waals surface area contributed by atoms with Gasteiger partial charge in [0.15, 0.2) is 0 Å². The quantitative estimate of drug-likeness (QED) is 0.407. The number of hydrogen-bond acceptors (Lipinski definition) is 4. The van der Waals surface area contributed by atoms with Crippen molar-refractivity contribution in [2.24, 2.45) is 0 Å². The third kappa shape index (κ3) is 1.32. The molecule has 0 aliphatic heterocycles. The van der Waals surface area contributed by atoms with Gasteiger partial charge in [-0.2, -0.15) is 10.4 Å². The minimum atomic E-state index is 0.600. The Morgan fingerprint density at radius 3 is 3.15 bits per heavy atom. The number of nitrogen functional groups attached to an aromatic ring is 1. The van der Waals surface area contributed by atoms with Gasteiger partial charge in [-0.25, -0.2) is 0 Å². The summed E-state index contributed by atoms with van der Waals surface area (Å²) in [6.07, 6.45) is 1.70. The van der Waals surface area contributed by atoms with Gasteiger partial charge >= 0.3 is 0 Å². The summed E-state index contributed by atoms with van der Waals surface area (Å²) >= 11 is 1.06. The van der Waals surface area contributed by atoms with Crippen molar-refractivity contribution < 1.29 is 0 Å². The lowest BCUT2D eigenvalue weighted by Gasteiger charge is -1.99. The van der Waals surface area contributed by atoms with Crippen molar-refractivity contribution >= 4 is 28.4 Å². The number of thiocyanates is 1. The van der Waals surface area contributed by atoms with Crippen molar-refractivity contribution in [2.45, 2.75) is 4.90 Å². The van der Waals surface area contributed by atoms with Gasteiger partial charge in [-0.15, -0.1) is 0 Å². The van der Waals surface area contributed by atoms with Crippen molar-refractivity contribution in [1.82, 2.24) is 10.2 Å². The van der Waals surface area contributed by atoms with E-state index in [0.29, 0.717) is 5.69 Å². The Kier molecular flexibility index (Phi) is 1.83. The van der Waals surface area contributed by atoms with Crippen LogP contribution >= 0.6 is 11.8 Å². The fourth-order valence-corrected chi connectivity index (χ4v) is 1.59. The van der Waals surface area contributed by atoms with Crippen LogP contribution in [0.2, 0.25) is 0 Å². The van der Waals surface area contributed by atoms with Crippen molar-refractivity contribution in [3.63, 3.8) is 0 Å². The predicted molar refractivity (Wildman–Crippen MR) is 52.0 cm³/mol. The van der Waals surface area contributed by atoms with Crippen molar-refractivity contribution in [1.29, 1.82) is 5.26 Å². The van der Waals surface area contributed by atoms with Crippen LogP contribution in [0.5, 0.6) is 0 Å². The van der Waals surface area contributed by atoms with E-state index in [-0.39, 0.29) is 0 Å². The summed E-state index contributed by atoms with van der Waals surface area (Å²) in [5, 5.41) is 18.1. The Morgan fingerprint density at radius 2 is 2.38 bits per heavy atom. The maximum atomic E-state index is 8.50. The van der Waals surface area contributed by atoms with Crippen LogP contribution in [0, 0.1) is 10.7 Å². The SMILES string of the molecule is N#CSc1cc2cn[nH]c2cc1N. The van der Waals surface area contributed by atoms with Gasteiger partial charge in [0.2, 0.25) is 0 Å². The molecule has 0 saturated heterocycles. The molecule has 0 unspecified atom stereocenters. The van der Waals surface area contributed by atoms with Gasteiger partial charge in [0, 0.05) is 16.0 Å². The van der Waals surface area contributed by atoms with Crippen LogP contribution in [0.15, 0.2) is 23.2 Å². The highest BCUT2D eigenvalue weighted by atomic mass is 32.2. The maximum absolute atomic E-state index is 8.50. The summed E-state index contributed by atoms with van der Waals surface area (Å²) in [4.78, 5) is 0.774. The number of aromatic amines is 1. The molecule has 1 heterocycles. The standard InChI is InChI=1S/C8H6N4S/c9-4-13-8-1-5-3-11-12-7(5)2-6(8)10/h1-3H,10H2,(H,11,12). The molecule has 0 saturated carbocycles. The van der Waals surface area contributed by atoms with Gasteiger partial charge < -0.3 is 5.73 Å². The first-order valence-electron chi connectivity index (χ1n) is 3.60. The lowest BCUT2D eigenvalue weighted by Crippen LogP contribution is -1.87. The smallest absolute Gasteiger partial charge is 0.138 e. The summed E-state index contributed by atoms with van der Waals surface area (Å²) in [5.41, 5.74) is 7.20. The first-order valence-corrected chi connectivity index (χ1v) is 4.41. The lowest BCUT2D eigenvalue weighted by molar-refractivity contribution is 1.12. The average Bonchev–Trinajstić information content (AvgIpc) is 2.52. The number of hydrogen-bond donors (Lipinski definition) is 2. The van der Waals surface area contributed by atoms with Gasteiger partial charge in [0.05, 0.1) is 11.7 Å². The second-order valence-corrected chi connectivity index (χ2v) is 3.37. The van der Waals surface area contributed by atoms with Gasteiger partial charge in [0.25, 0.3) is 0 Å². The van der Waals surface area contributed by atoms with E-state index in [2.05, 4.69) is 10.2 Å². The number of anilines is 1. The number of fused-ring (bicyclic) bond motifs is 1. The minimum Gasteiger partial charge on any atom is -0.398 e. The number of H-pyrrole nitrogens is 1.